The average molecular weight is 568 g/mol. The first-order valence-corrected chi connectivity index (χ1v) is 14.7. The summed E-state index contributed by atoms with van der Waals surface area (Å²) in [5.41, 5.74) is 6.92. The van der Waals surface area contributed by atoms with Gasteiger partial charge in [-0.25, -0.2) is 8.42 Å². The average Bonchev–Trinajstić information content (AvgIpc) is 3.64. The van der Waals surface area contributed by atoms with Crippen molar-refractivity contribution in [1.29, 1.82) is 0 Å². The predicted octanol–water partition coefficient (Wildman–Crippen LogP) is 4.87. The zero-order valence-electron chi connectivity index (χ0n) is 21.1. The highest BCUT2D eigenvalue weighted by molar-refractivity contribution is 7.92. The standard InChI is InChI=1S/C27H32Cl2N2O5S/c1-27(2,3)37(34,35)15-21(16-7-8-16)31-24(17-9-11-19(28)12-10-17)25(18-5-4-6-20(29)13-18)36-22(26(31)33)14-23(30)32/h4-6,9-13,16,21-22,24-25H,7-8,14-15H2,1-3H3,(H2,30,32)/t21-,22+,24-,25-/m1/s1. The lowest BCUT2D eigenvalue weighted by atomic mass is 9.89. The van der Waals surface area contributed by atoms with Crippen molar-refractivity contribution in [2.24, 2.45) is 11.7 Å². The van der Waals surface area contributed by atoms with E-state index in [1.165, 1.54) is 0 Å². The molecular weight excluding hydrogens is 535 g/mol. The van der Waals surface area contributed by atoms with Gasteiger partial charge >= 0.3 is 0 Å². The molecule has 1 aliphatic heterocycles. The lowest BCUT2D eigenvalue weighted by Crippen LogP contribution is -2.58. The van der Waals surface area contributed by atoms with Gasteiger partial charge in [0, 0.05) is 16.1 Å². The maximum atomic E-state index is 14.0. The zero-order valence-corrected chi connectivity index (χ0v) is 23.4. The molecule has 1 aliphatic carbocycles. The summed E-state index contributed by atoms with van der Waals surface area (Å²) < 4.78 is 32.1. The number of hydrogen-bond donors (Lipinski definition) is 1. The van der Waals surface area contributed by atoms with Gasteiger partial charge in [-0.15, -0.1) is 0 Å². The Morgan fingerprint density at radius 2 is 1.73 bits per heavy atom. The van der Waals surface area contributed by atoms with Crippen molar-refractivity contribution in [1.82, 2.24) is 4.90 Å². The van der Waals surface area contributed by atoms with Crippen molar-refractivity contribution in [3.05, 3.63) is 69.7 Å². The molecule has 2 aromatic rings. The highest BCUT2D eigenvalue weighted by Gasteiger charge is 2.52. The molecule has 0 aromatic heterocycles. The Balaban J connectivity index is 1.89. The molecule has 1 saturated heterocycles. The molecular formula is C27H32Cl2N2O5S. The van der Waals surface area contributed by atoms with E-state index < -0.39 is 50.7 Å². The molecule has 10 heteroatoms. The Hall–Kier alpha value is -2.13. The number of ether oxygens (including phenoxy) is 1. The second-order valence-electron chi connectivity index (χ2n) is 10.8. The molecule has 2 amide bonds. The quantitative estimate of drug-likeness (QED) is 0.490. The van der Waals surface area contributed by atoms with Crippen LogP contribution in [0.1, 0.15) is 63.3 Å². The molecule has 7 nitrogen and oxygen atoms in total. The maximum Gasteiger partial charge on any atom is 0.253 e. The first-order valence-electron chi connectivity index (χ1n) is 12.3. The summed E-state index contributed by atoms with van der Waals surface area (Å²) in [6.45, 7) is 4.98. The van der Waals surface area contributed by atoms with Crippen molar-refractivity contribution in [3.63, 3.8) is 0 Å². The summed E-state index contributed by atoms with van der Waals surface area (Å²) >= 11 is 12.5. The van der Waals surface area contributed by atoms with E-state index in [0.29, 0.717) is 15.6 Å². The molecule has 0 unspecified atom stereocenters. The monoisotopic (exact) mass is 566 g/mol. The molecule has 0 bridgehead atoms. The molecule has 1 saturated carbocycles. The summed E-state index contributed by atoms with van der Waals surface area (Å²) in [4.78, 5) is 27.6. The number of nitrogens with zero attached hydrogens (tertiary/aromatic N) is 1. The molecule has 4 rings (SSSR count). The van der Waals surface area contributed by atoms with Crippen LogP contribution in [0.25, 0.3) is 0 Å². The van der Waals surface area contributed by atoms with E-state index in [1.807, 2.05) is 18.2 Å². The second kappa shape index (κ2) is 10.6. The van der Waals surface area contributed by atoms with E-state index in [9.17, 15) is 18.0 Å². The fourth-order valence-electron chi connectivity index (χ4n) is 4.79. The van der Waals surface area contributed by atoms with Gasteiger partial charge < -0.3 is 15.4 Å². The lowest BCUT2D eigenvalue weighted by molar-refractivity contribution is -0.181. The third-order valence-corrected chi connectivity index (χ3v) is 10.2. The Labute approximate surface area is 228 Å². The summed E-state index contributed by atoms with van der Waals surface area (Å²) in [5, 5.41) is 1.01. The van der Waals surface area contributed by atoms with E-state index in [2.05, 4.69) is 0 Å². The Kier molecular flexibility index (Phi) is 7.96. The number of hydrogen-bond acceptors (Lipinski definition) is 5. The summed E-state index contributed by atoms with van der Waals surface area (Å²) in [5.74, 6) is -1.30. The van der Waals surface area contributed by atoms with E-state index in [1.54, 1.807) is 56.0 Å². The second-order valence-corrected chi connectivity index (χ2v) is 14.5. The molecule has 2 aliphatic rings. The van der Waals surface area contributed by atoms with Crippen LogP contribution in [0.15, 0.2) is 48.5 Å². The molecule has 37 heavy (non-hydrogen) atoms. The molecule has 4 atom stereocenters. The van der Waals surface area contributed by atoms with Crippen LogP contribution in [0.5, 0.6) is 0 Å². The van der Waals surface area contributed by atoms with Crippen molar-refractivity contribution < 1.29 is 22.7 Å². The smallest absolute Gasteiger partial charge is 0.253 e. The number of carbonyl (C=O) groups excluding carboxylic acids is 2. The first-order chi connectivity index (χ1) is 17.3. The number of carbonyl (C=O) groups is 2. The van der Waals surface area contributed by atoms with Gasteiger partial charge in [0.2, 0.25) is 5.91 Å². The van der Waals surface area contributed by atoms with Crippen molar-refractivity contribution in [3.8, 4) is 0 Å². The lowest BCUT2D eigenvalue weighted by Gasteiger charge is -2.48. The van der Waals surface area contributed by atoms with Crippen LogP contribution >= 0.6 is 23.2 Å². The predicted molar refractivity (Wildman–Crippen MR) is 144 cm³/mol. The Morgan fingerprint density at radius 1 is 1.08 bits per heavy atom. The van der Waals surface area contributed by atoms with Crippen LogP contribution in [0.3, 0.4) is 0 Å². The summed E-state index contributed by atoms with van der Waals surface area (Å²) in [7, 11) is -3.58. The van der Waals surface area contributed by atoms with Crippen LogP contribution in [0.2, 0.25) is 10.0 Å². The van der Waals surface area contributed by atoms with Crippen LogP contribution in [-0.2, 0) is 24.2 Å². The number of sulfone groups is 1. The molecule has 1 heterocycles. The van der Waals surface area contributed by atoms with E-state index >= 15 is 0 Å². The largest absolute Gasteiger partial charge is 0.370 e. The summed E-state index contributed by atoms with van der Waals surface area (Å²) in [6.07, 6.45) is -0.567. The van der Waals surface area contributed by atoms with E-state index in [0.717, 1.165) is 18.4 Å². The van der Waals surface area contributed by atoms with Crippen LogP contribution in [0.4, 0.5) is 0 Å². The van der Waals surface area contributed by atoms with Gasteiger partial charge in [0.25, 0.3) is 5.91 Å². The topological polar surface area (TPSA) is 107 Å². The molecule has 2 fully saturated rings. The van der Waals surface area contributed by atoms with Gasteiger partial charge in [-0.1, -0.05) is 47.5 Å². The normalized spacial score (nSPS) is 23.6. The fraction of sp³-hybridized carbons (Fsp3) is 0.481. The minimum atomic E-state index is -3.58. The number of halogens is 2. The molecule has 2 aromatic carbocycles. The van der Waals surface area contributed by atoms with E-state index in [-0.39, 0.29) is 18.1 Å². The maximum absolute atomic E-state index is 14.0. The van der Waals surface area contributed by atoms with Gasteiger partial charge in [-0.05, 0) is 74.9 Å². The molecule has 0 spiro atoms. The van der Waals surface area contributed by atoms with Crippen molar-refractivity contribution in [2.75, 3.05) is 5.75 Å². The number of nitrogens with two attached hydrogens (primary N) is 1. The van der Waals surface area contributed by atoms with Gasteiger partial charge in [0.1, 0.15) is 12.2 Å². The highest BCUT2D eigenvalue weighted by atomic mass is 35.5. The number of rotatable bonds is 8. The van der Waals surface area contributed by atoms with Gasteiger partial charge in [-0.3, -0.25) is 9.59 Å². The van der Waals surface area contributed by atoms with Gasteiger partial charge in [-0.2, -0.15) is 0 Å². The van der Waals surface area contributed by atoms with Gasteiger partial charge in [0.05, 0.1) is 23.0 Å². The third-order valence-electron chi connectivity index (χ3n) is 7.05. The number of amides is 2. The zero-order chi connectivity index (χ0) is 27.1. The minimum absolute atomic E-state index is 0.0169. The Bertz CT molecular complexity index is 1270. The third kappa shape index (κ3) is 6.14. The highest BCUT2D eigenvalue weighted by Crippen LogP contribution is 2.48. The summed E-state index contributed by atoms with van der Waals surface area (Å²) in [6, 6.07) is 12.9. The Morgan fingerprint density at radius 3 is 2.27 bits per heavy atom. The number of primary amides is 1. The fourth-order valence-corrected chi connectivity index (χ4v) is 6.49. The molecule has 200 valence electrons. The number of morpholine rings is 1. The molecule has 0 radical (unpaired) electrons. The molecule has 2 N–H and O–H groups in total. The van der Waals surface area contributed by atoms with Crippen molar-refractivity contribution >= 4 is 44.9 Å². The van der Waals surface area contributed by atoms with Crippen molar-refractivity contribution in [2.45, 2.75) is 69.1 Å². The number of benzene rings is 2. The van der Waals surface area contributed by atoms with Crippen LogP contribution in [0, 0.1) is 5.92 Å². The van der Waals surface area contributed by atoms with Crippen LogP contribution in [-0.4, -0.2) is 47.8 Å². The van der Waals surface area contributed by atoms with Crippen LogP contribution < -0.4 is 5.73 Å². The minimum Gasteiger partial charge on any atom is -0.370 e. The first kappa shape index (κ1) is 27.9. The van der Waals surface area contributed by atoms with E-state index in [4.69, 9.17) is 33.7 Å². The SMILES string of the molecule is CC(C)(C)S(=O)(=O)C[C@H](C1CC1)N1C(=O)[C@H](CC(N)=O)O[C@H](c2cccc(Cl)c2)[C@H]1c1ccc(Cl)cc1. The van der Waals surface area contributed by atoms with Gasteiger partial charge in [0.15, 0.2) is 9.84 Å².